The van der Waals surface area contributed by atoms with Crippen molar-refractivity contribution >= 4 is 5.97 Å². The summed E-state index contributed by atoms with van der Waals surface area (Å²) in [5, 5.41) is 9.16. The predicted octanol–water partition coefficient (Wildman–Crippen LogP) is 3.45. The average Bonchev–Trinajstić information content (AvgIpc) is 3.12. The summed E-state index contributed by atoms with van der Waals surface area (Å²) in [5.41, 5.74) is 1.47. The maximum absolute atomic E-state index is 11.2. The van der Waals surface area contributed by atoms with E-state index in [4.69, 9.17) is 9.52 Å². The van der Waals surface area contributed by atoms with Crippen LogP contribution in [0.2, 0.25) is 0 Å². The van der Waals surface area contributed by atoms with Crippen LogP contribution in [0.1, 0.15) is 46.2 Å². The first-order chi connectivity index (χ1) is 8.74. The van der Waals surface area contributed by atoms with Gasteiger partial charge in [0.1, 0.15) is 17.1 Å². The maximum atomic E-state index is 11.2. The quantitative estimate of drug-likeness (QED) is 0.893. The average molecular weight is 242 g/mol. The van der Waals surface area contributed by atoms with Gasteiger partial charge in [0.2, 0.25) is 0 Å². The van der Waals surface area contributed by atoms with Crippen LogP contribution in [0.5, 0.6) is 0 Å². The minimum absolute atomic E-state index is 0.320. The van der Waals surface area contributed by atoms with Gasteiger partial charge in [-0.25, -0.2) is 4.79 Å². The molecule has 0 atom stereocenters. The van der Waals surface area contributed by atoms with Crippen LogP contribution in [0, 0.1) is 0 Å². The molecule has 1 aliphatic rings. The summed E-state index contributed by atoms with van der Waals surface area (Å²) in [6.07, 6.45) is 2.73. The van der Waals surface area contributed by atoms with Crippen molar-refractivity contribution in [3.8, 4) is 0 Å². The van der Waals surface area contributed by atoms with Crippen molar-refractivity contribution in [2.24, 2.45) is 0 Å². The van der Waals surface area contributed by atoms with Crippen LogP contribution in [-0.4, -0.2) is 11.1 Å². The fraction of sp³-hybridized carbons (Fsp3) is 0.267. The molecule has 1 heterocycles. The van der Waals surface area contributed by atoms with Crippen molar-refractivity contribution < 1.29 is 14.3 Å². The van der Waals surface area contributed by atoms with E-state index in [2.05, 4.69) is 0 Å². The second-order valence-electron chi connectivity index (χ2n) is 4.73. The molecule has 0 amide bonds. The number of carboxylic acids is 1. The highest BCUT2D eigenvalue weighted by Gasteiger charge is 2.32. The number of carboxylic acid groups (broad SMARTS) is 1. The first kappa shape index (κ1) is 11.1. The molecule has 0 radical (unpaired) electrons. The second-order valence-corrected chi connectivity index (χ2v) is 4.73. The molecule has 0 spiro atoms. The topological polar surface area (TPSA) is 50.4 Å². The standard InChI is InChI=1S/C15H14O3/c16-15(17)13-9-12(18-14(13)11-6-7-11)8-10-4-2-1-3-5-10/h1-5,9,11H,6-8H2,(H,16,17). The molecule has 0 bridgehead atoms. The molecule has 18 heavy (non-hydrogen) atoms. The molecule has 0 saturated heterocycles. The SMILES string of the molecule is O=C(O)c1cc(Cc2ccccc2)oc1C1CC1. The summed E-state index contributed by atoms with van der Waals surface area (Å²) >= 11 is 0. The zero-order valence-electron chi connectivity index (χ0n) is 9.93. The number of furan rings is 1. The third-order valence-corrected chi connectivity index (χ3v) is 3.21. The molecule has 1 N–H and O–H groups in total. The molecule has 0 aliphatic heterocycles. The molecule has 1 aliphatic carbocycles. The van der Waals surface area contributed by atoms with Gasteiger partial charge in [-0.15, -0.1) is 0 Å². The Morgan fingerprint density at radius 2 is 2.00 bits per heavy atom. The van der Waals surface area contributed by atoms with E-state index in [9.17, 15) is 4.79 Å². The van der Waals surface area contributed by atoms with E-state index in [1.165, 1.54) is 0 Å². The third-order valence-electron chi connectivity index (χ3n) is 3.21. The van der Waals surface area contributed by atoms with Crippen LogP contribution >= 0.6 is 0 Å². The summed E-state index contributed by atoms with van der Waals surface area (Å²) in [6, 6.07) is 11.6. The van der Waals surface area contributed by atoms with Gasteiger partial charge >= 0.3 is 5.97 Å². The molecule has 1 fully saturated rings. The van der Waals surface area contributed by atoms with Gasteiger partial charge in [0.05, 0.1) is 0 Å². The van der Waals surface area contributed by atoms with Crippen LogP contribution < -0.4 is 0 Å². The van der Waals surface area contributed by atoms with Crippen LogP contribution in [0.15, 0.2) is 40.8 Å². The summed E-state index contributed by atoms with van der Waals surface area (Å²) in [7, 11) is 0. The largest absolute Gasteiger partial charge is 0.478 e. The van der Waals surface area contributed by atoms with Crippen LogP contribution in [0.25, 0.3) is 0 Å². The number of benzene rings is 1. The van der Waals surface area contributed by atoms with Gasteiger partial charge in [0.15, 0.2) is 0 Å². The highest BCUT2D eigenvalue weighted by Crippen LogP contribution is 2.43. The number of rotatable bonds is 4. The summed E-state index contributed by atoms with van der Waals surface area (Å²) in [5.74, 6) is 0.828. The van der Waals surface area contributed by atoms with Crippen molar-refractivity contribution in [1.29, 1.82) is 0 Å². The smallest absolute Gasteiger partial charge is 0.339 e. The van der Waals surface area contributed by atoms with Gasteiger partial charge in [-0.3, -0.25) is 0 Å². The van der Waals surface area contributed by atoms with Crippen molar-refractivity contribution in [2.75, 3.05) is 0 Å². The Hall–Kier alpha value is -2.03. The molecule has 3 nitrogen and oxygen atoms in total. The fourth-order valence-corrected chi connectivity index (χ4v) is 2.16. The first-order valence-corrected chi connectivity index (χ1v) is 6.14. The van der Waals surface area contributed by atoms with E-state index >= 15 is 0 Å². The van der Waals surface area contributed by atoms with E-state index < -0.39 is 5.97 Å². The van der Waals surface area contributed by atoms with Gasteiger partial charge in [0, 0.05) is 12.3 Å². The van der Waals surface area contributed by atoms with Crippen LogP contribution in [0.3, 0.4) is 0 Å². The van der Waals surface area contributed by atoms with E-state index in [1.807, 2.05) is 30.3 Å². The second kappa shape index (κ2) is 4.33. The zero-order valence-corrected chi connectivity index (χ0v) is 9.93. The molecular weight excluding hydrogens is 228 g/mol. The Kier molecular flexibility index (Phi) is 2.67. The van der Waals surface area contributed by atoms with Crippen molar-refractivity contribution in [1.82, 2.24) is 0 Å². The Morgan fingerprint density at radius 1 is 1.28 bits per heavy atom. The molecule has 92 valence electrons. The van der Waals surface area contributed by atoms with Gasteiger partial charge in [0.25, 0.3) is 0 Å². The van der Waals surface area contributed by atoms with E-state index in [0.29, 0.717) is 23.7 Å². The minimum atomic E-state index is -0.889. The Morgan fingerprint density at radius 3 is 2.61 bits per heavy atom. The van der Waals surface area contributed by atoms with Gasteiger partial charge in [-0.2, -0.15) is 0 Å². The molecule has 3 heteroatoms. The molecule has 1 aromatic heterocycles. The van der Waals surface area contributed by atoms with Gasteiger partial charge in [-0.1, -0.05) is 30.3 Å². The molecule has 3 rings (SSSR count). The molecular formula is C15H14O3. The number of hydrogen-bond donors (Lipinski definition) is 1. The van der Waals surface area contributed by atoms with Gasteiger partial charge in [-0.05, 0) is 24.5 Å². The molecule has 2 aromatic rings. The van der Waals surface area contributed by atoms with E-state index in [1.54, 1.807) is 6.07 Å². The lowest BCUT2D eigenvalue weighted by Crippen LogP contribution is -1.97. The summed E-state index contributed by atoms with van der Waals surface area (Å²) in [4.78, 5) is 11.2. The lowest BCUT2D eigenvalue weighted by atomic mass is 10.1. The lowest BCUT2D eigenvalue weighted by molar-refractivity contribution is 0.0694. The Labute approximate surface area is 105 Å². The lowest BCUT2D eigenvalue weighted by Gasteiger charge is -1.97. The first-order valence-electron chi connectivity index (χ1n) is 6.14. The normalized spacial score (nSPS) is 14.7. The van der Waals surface area contributed by atoms with E-state index in [-0.39, 0.29) is 0 Å². The van der Waals surface area contributed by atoms with Crippen LogP contribution in [0.4, 0.5) is 0 Å². The number of carbonyl (C=O) groups is 1. The van der Waals surface area contributed by atoms with Crippen molar-refractivity contribution in [2.45, 2.75) is 25.2 Å². The Balaban J connectivity index is 1.89. The zero-order chi connectivity index (χ0) is 12.5. The summed E-state index contributed by atoms with van der Waals surface area (Å²) < 4.78 is 5.72. The maximum Gasteiger partial charge on any atom is 0.339 e. The molecule has 0 unspecified atom stereocenters. The molecule has 1 saturated carbocycles. The monoisotopic (exact) mass is 242 g/mol. The summed E-state index contributed by atoms with van der Waals surface area (Å²) in [6.45, 7) is 0. The highest BCUT2D eigenvalue weighted by molar-refractivity contribution is 5.89. The Bertz CT molecular complexity index is 565. The minimum Gasteiger partial charge on any atom is -0.478 e. The van der Waals surface area contributed by atoms with Crippen molar-refractivity contribution in [3.05, 3.63) is 59.0 Å². The van der Waals surface area contributed by atoms with Gasteiger partial charge < -0.3 is 9.52 Å². The highest BCUT2D eigenvalue weighted by atomic mass is 16.4. The van der Waals surface area contributed by atoms with Crippen molar-refractivity contribution in [3.63, 3.8) is 0 Å². The fourth-order valence-electron chi connectivity index (χ4n) is 2.16. The predicted molar refractivity (Wildman–Crippen MR) is 66.9 cm³/mol. The number of aromatic carboxylic acids is 1. The molecule has 1 aromatic carbocycles. The number of hydrogen-bond acceptors (Lipinski definition) is 2. The van der Waals surface area contributed by atoms with E-state index in [0.717, 1.165) is 24.2 Å². The third kappa shape index (κ3) is 2.16. The van der Waals surface area contributed by atoms with Crippen LogP contribution in [-0.2, 0) is 6.42 Å².